The van der Waals surface area contributed by atoms with E-state index in [1.807, 2.05) is 0 Å². The fourth-order valence-corrected chi connectivity index (χ4v) is 5.84. The lowest BCUT2D eigenvalue weighted by Gasteiger charge is -2.17. The van der Waals surface area contributed by atoms with E-state index in [-0.39, 0.29) is 16.2 Å². The van der Waals surface area contributed by atoms with Crippen LogP contribution in [-0.2, 0) is 10.0 Å². The molecule has 1 aromatic heterocycles. The normalized spacial score (nSPS) is 16.9. The fourth-order valence-electron chi connectivity index (χ4n) is 2.77. The third kappa shape index (κ3) is 4.79. The fraction of sp³-hybridized carbons (Fsp3) is 0.250. The number of likely N-dealkylation sites (tertiary alicyclic amines) is 1. The van der Waals surface area contributed by atoms with Gasteiger partial charge in [0.05, 0.1) is 3.79 Å². The topological polar surface area (TPSA) is 122 Å². The number of hydrogen-bond donors (Lipinski definition) is 3. The highest BCUT2D eigenvalue weighted by atomic mass is 79.9. The summed E-state index contributed by atoms with van der Waals surface area (Å²) in [6.45, 7) is 0.912. The van der Waals surface area contributed by atoms with Crippen molar-refractivity contribution in [2.24, 2.45) is 5.73 Å². The molecule has 11 heteroatoms. The Morgan fingerprint density at radius 3 is 2.48 bits per heavy atom. The molecule has 1 aliphatic heterocycles. The van der Waals surface area contributed by atoms with Gasteiger partial charge in [-0.3, -0.25) is 9.52 Å². The van der Waals surface area contributed by atoms with Crippen LogP contribution >= 0.6 is 27.3 Å². The summed E-state index contributed by atoms with van der Waals surface area (Å²) < 4.78 is 28.1. The summed E-state index contributed by atoms with van der Waals surface area (Å²) in [5.74, 6) is -0.180. The maximum Gasteiger partial charge on any atom is 0.312 e. The van der Waals surface area contributed by atoms with Crippen molar-refractivity contribution >= 4 is 54.9 Å². The molecule has 144 valence electrons. The van der Waals surface area contributed by atoms with Crippen LogP contribution in [-0.4, -0.2) is 44.4 Å². The molecule has 1 atom stereocenters. The van der Waals surface area contributed by atoms with Gasteiger partial charge in [0.1, 0.15) is 4.21 Å². The molecule has 0 saturated carbocycles. The number of hydrogen-bond acceptors (Lipinski definition) is 5. The van der Waals surface area contributed by atoms with Crippen molar-refractivity contribution in [1.29, 1.82) is 0 Å². The van der Waals surface area contributed by atoms with E-state index in [2.05, 4.69) is 26.0 Å². The first-order valence-corrected chi connectivity index (χ1v) is 11.1. The second-order valence-corrected chi connectivity index (χ2v) is 10.4. The van der Waals surface area contributed by atoms with Gasteiger partial charge < -0.3 is 16.0 Å². The number of primary amides is 1. The Morgan fingerprint density at radius 2 is 1.89 bits per heavy atom. The van der Waals surface area contributed by atoms with E-state index < -0.39 is 16.1 Å². The molecule has 8 nitrogen and oxygen atoms in total. The molecule has 0 aliphatic carbocycles. The van der Waals surface area contributed by atoms with Crippen LogP contribution in [0.5, 0.6) is 0 Å². The molecule has 1 fully saturated rings. The van der Waals surface area contributed by atoms with E-state index in [0.29, 0.717) is 30.8 Å². The predicted octanol–water partition coefficient (Wildman–Crippen LogP) is 2.19. The van der Waals surface area contributed by atoms with Crippen LogP contribution in [0.4, 0.5) is 10.5 Å². The standard InChI is InChI=1S/C16H17BrN4O4S2/c17-13-5-6-14(26-13)27(24,25)20-11-3-1-10(2-4-11)15(22)21-8-7-12(9-21)19-16(18)23/h1-6,12,20H,7-9H2,(H3,18,19,23). The molecule has 0 radical (unpaired) electrons. The number of rotatable bonds is 5. The van der Waals surface area contributed by atoms with Crippen LogP contribution < -0.4 is 15.8 Å². The summed E-state index contributed by atoms with van der Waals surface area (Å²) in [7, 11) is -3.67. The Morgan fingerprint density at radius 1 is 1.19 bits per heavy atom. The highest BCUT2D eigenvalue weighted by molar-refractivity contribution is 9.11. The van der Waals surface area contributed by atoms with Gasteiger partial charge in [-0.15, -0.1) is 11.3 Å². The third-order valence-corrected chi connectivity index (χ3v) is 7.52. The molecule has 3 amide bonds. The van der Waals surface area contributed by atoms with Crippen molar-refractivity contribution in [3.8, 4) is 0 Å². The number of nitrogens with zero attached hydrogens (tertiary/aromatic N) is 1. The largest absolute Gasteiger partial charge is 0.352 e. The molecule has 0 spiro atoms. The molecule has 1 saturated heterocycles. The molecule has 2 heterocycles. The van der Waals surface area contributed by atoms with E-state index in [4.69, 9.17) is 5.73 Å². The smallest absolute Gasteiger partial charge is 0.312 e. The summed E-state index contributed by atoms with van der Waals surface area (Å²) in [5, 5.41) is 2.60. The molecule has 3 rings (SSSR count). The number of sulfonamides is 1. The van der Waals surface area contributed by atoms with Gasteiger partial charge in [-0.05, 0) is 58.7 Å². The minimum absolute atomic E-state index is 0.150. The number of nitrogens with one attached hydrogen (secondary N) is 2. The molecule has 4 N–H and O–H groups in total. The number of anilines is 1. The first-order valence-electron chi connectivity index (χ1n) is 7.98. The minimum atomic E-state index is -3.67. The SMILES string of the molecule is NC(=O)NC1CCN(C(=O)c2ccc(NS(=O)(=O)c3ccc(Br)s3)cc2)C1. The van der Waals surface area contributed by atoms with E-state index >= 15 is 0 Å². The number of carbonyl (C=O) groups is 2. The Kier molecular flexibility index (Phi) is 5.72. The van der Waals surface area contributed by atoms with Gasteiger partial charge in [0.2, 0.25) is 0 Å². The van der Waals surface area contributed by atoms with E-state index in [9.17, 15) is 18.0 Å². The van der Waals surface area contributed by atoms with Gasteiger partial charge in [0.25, 0.3) is 15.9 Å². The summed E-state index contributed by atoms with van der Waals surface area (Å²) >= 11 is 4.35. The molecular formula is C16H17BrN4O4S2. The average Bonchev–Trinajstić information content (AvgIpc) is 3.23. The summed E-state index contributed by atoms with van der Waals surface area (Å²) in [5.41, 5.74) is 5.91. The first kappa shape index (κ1) is 19.6. The molecule has 1 aromatic carbocycles. The van der Waals surface area contributed by atoms with Crippen LogP contribution in [0.3, 0.4) is 0 Å². The third-order valence-electron chi connectivity index (χ3n) is 4.02. The zero-order valence-corrected chi connectivity index (χ0v) is 17.2. The van der Waals surface area contributed by atoms with Gasteiger partial charge in [-0.2, -0.15) is 0 Å². The van der Waals surface area contributed by atoms with Gasteiger partial charge in [-0.1, -0.05) is 0 Å². The summed E-state index contributed by atoms with van der Waals surface area (Å²) in [6, 6.07) is 8.65. The van der Waals surface area contributed by atoms with Gasteiger partial charge in [-0.25, -0.2) is 13.2 Å². The van der Waals surface area contributed by atoms with Crippen LogP contribution in [0.2, 0.25) is 0 Å². The van der Waals surface area contributed by atoms with Crippen LogP contribution in [0.15, 0.2) is 44.4 Å². The van der Waals surface area contributed by atoms with E-state index in [0.717, 1.165) is 15.1 Å². The number of thiophene rings is 1. The van der Waals surface area contributed by atoms with Crippen LogP contribution in [0.25, 0.3) is 0 Å². The Labute approximate surface area is 168 Å². The van der Waals surface area contributed by atoms with Gasteiger partial charge in [0.15, 0.2) is 0 Å². The zero-order valence-electron chi connectivity index (χ0n) is 14.0. The highest BCUT2D eigenvalue weighted by Gasteiger charge is 2.27. The number of urea groups is 1. The minimum Gasteiger partial charge on any atom is -0.352 e. The lowest BCUT2D eigenvalue weighted by atomic mass is 10.2. The Balaban J connectivity index is 1.65. The van der Waals surface area contributed by atoms with Gasteiger partial charge >= 0.3 is 6.03 Å². The van der Waals surface area contributed by atoms with E-state index in [1.54, 1.807) is 35.2 Å². The van der Waals surface area contributed by atoms with Crippen molar-refractivity contribution in [2.45, 2.75) is 16.7 Å². The van der Waals surface area contributed by atoms with Crippen LogP contribution in [0, 0.1) is 0 Å². The summed E-state index contributed by atoms with van der Waals surface area (Å²) in [6.07, 6.45) is 0.642. The van der Waals surface area contributed by atoms with Crippen molar-refractivity contribution in [3.05, 3.63) is 45.7 Å². The molecule has 1 unspecified atom stereocenters. The number of halogens is 1. The van der Waals surface area contributed by atoms with Crippen LogP contribution in [0.1, 0.15) is 16.8 Å². The molecular weight excluding hydrogens is 456 g/mol. The number of benzene rings is 1. The number of nitrogens with two attached hydrogens (primary N) is 1. The van der Waals surface area contributed by atoms with E-state index in [1.165, 1.54) is 6.07 Å². The molecule has 1 aliphatic rings. The van der Waals surface area contributed by atoms with Crippen molar-refractivity contribution < 1.29 is 18.0 Å². The molecule has 0 bridgehead atoms. The Hall–Kier alpha value is -2.11. The highest BCUT2D eigenvalue weighted by Crippen LogP contribution is 2.27. The molecule has 2 aromatic rings. The maximum atomic E-state index is 12.5. The lowest BCUT2D eigenvalue weighted by Crippen LogP contribution is -2.41. The number of carbonyl (C=O) groups excluding carboxylic acids is 2. The van der Waals surface area contributed by atoms with Crippen molar-refractivity contribution in [1.82, 2.24) is 10.2 Å². The monoisotopic (exact) mass is 472 g/mol. The second kappa shape index (κ2) is 7.87. The Bertz CT molecular complexity index is 959. The quantitative estimate of drug-likeness (QED) is 0.616. The van der Waals surface area contributed by atoms with Crippen molar-refractivity contribution in [3.63, 3.8) is 0 Å². The second-order valence-electron chi connectivity index (χ2n) is 5.99. The van der Waals surface area contributed by atoms with Gasteiger partial charge in [0, 0.05) is 30.4 Å². The number of amides is 3. The first-order chi connectivity index (χ1) is 12.7. The predicted molar refractivity (Wildman–Crippen MR) is 106 cm³/mol. The lowest BCUT2D eigenvalue weighted by molar-refractivity contribution is 0.0789. The summed E-state index contributed by atoms with van der Waals surface area (Å²) in [4.78, 5) is 25.1. The maximum absolute atomic E-state index is 12.5. The molecule has 27 heavy (non-hydrogen) atoms. The average molecular weight is 473 g/mol. The van der Waals surface area contributed by atoms with Crippen molar-refractivity contribution in [2.75, 3.05) is 17.8 Å². The zero-order chi connectivity index (χ0) is 19.6.